The molecule has 6 nitrogen and oxygen atoms in total. The topological polar surface area (TPSA) is 64.8 Å². The van der Waals surface area contributed by atoms with Crippen molar-refractivity contribution >= 4 is 22.0 Å². The first kappa shape index (κ1) is 11.9. The first-order valence-corrected chi connectivity index (χ1v) is 6.83. The summed E-state index contributed by atoms with van der Waals surface area (Å²) in [6.45, 7) is 2.77. The fourth-order valence-corrected chi connectivity index (χ4v) is 3.28. The van der Waals surface area contributed by atoms with Gasteiger partial charge in [0.15, 0.2) is 5.79 Å². The van der Waals surface area contributed by atoms with Gasteiger partial charge in [-0.3, -0.25) is 10.1 Å². The van der Waals surface area contributed by atoms with E-state index in [2.05, 4.69) is 0 Å². The van der Waals surface area contributed by atoms with E-state index < -0.39 is 5.79 Å². The SMILES string of the molecule is O=[N+]([O-])c1sccc1N1CCC2(CC1)OCCO2. The van der Waals surface area contributed by atoms with Crippen LogP contribution in [-0.2, 0) is 9.47 Å². The predicted octanol–water partition coefficient (Wildman–Crippen LogP) is 2.00. The van der Waals surface area contributed by atoms with E-state index >= 15 is 0 Å². The molecule has 18 heavy (non-hydrogen) atoms. The molecule has 1 aromatic heterocycles. The van der Waals surface area contributed by atoms with E-state index in [9.17, 15) is 10.1 Å². The zero-order valence-corrected chi connectivity index (χ0v) is 10.6. The molecule has 0 atom stereocenters. The molecule has 2 fully saturated rings. The Hall–Kier alpha value is -1.18. The van der Waals surface area contributed by atoms with E-state index in [1.165, 1.54) is 11.3 Å². The van der Waals surface area contributed by atoms with Gasteiger partial charge in [-0.25, -0.2) is 0 Å². The predicted molar refractivity (Wildman–Crippen MR) is 67.1 cm³/mol. The van der Waals surface area contributed by atoms with Gasteiger partial charge in [-0.15, -0.1) is 0 Å². The van der Waals surface area contributed by atoms with E-state index in [4.69, 9.17) is 9.47 Å². The summed E-state index contributed by atoms with van der Waals surface area (Å²) >= 11 is 1.17. The molecule has 0 bridgehead atoms. The number of rotatable bonds is 2. The van der Waals surface area contributed by atoms with Crippen molar-refractivity contribution in [3.05, 3.63) is 21.6 Å². The Morgan fingerprint density at radius 2 is 2.00 bits per heavy atom. The quantitative estimate of drug-likeness (QED) is 0.607. The fourth-order valence-electron chi connectivity index (χ4n) is 2.55. The van der Waals surface area contributed by atoms with Gasteiger partial charge in [0, 0.05) is 25.9 Å². The summed E-state index contributed by atoms with van der Waals surface area (Å²) in [7, 11) is 0. The number of thiophene rings is 1. The zero-order chi connectivity index (χ0) is 12.6. The van der Waals surface area contributed by atoms with Crippen molar-refractivity contribution in [3.63, 3.8) is 0 Å². The Balaban J connectivity index is 1.72. The van der Waals surface area contributed by atoms with Crippen molar-refractivity contribution in [2.45, 2.75) is 18.6 Å². The Kier molecular flexibility index (Phi) is 2.96. The average molecular weight is 270 g/mol. The molecule has 0 aliphatic carbocycles. The molecule has 0 unspecified atom stereocenters. The highest BCUT2D eigenvalue weighted by atomic mass is 32.1. The van der Waals surface area contributed by atoms with E-state index in [1.54, 1.807) is 5.38 Å². The number of anilines is 1. The number of piperidine rings is 1. The molecule has 1 spiro atoms. The lowest BCUT2D eigenvalue weighted by molar-refractivity contribution is -0.379. The third kappa shape index (κ3) is 1.98. The third-order valence-corrected chi connectivity index (χ3v) is 4.32. The molecule has 0 saturated carbocycles. The lowest BCUT2D eigenvalue weighted by atomic mass is 10.0. The van der Waals surface area contributed by atoms with Crippen LogP contribution in [0.5, 0.6) is 0 Å². The van der Waals surface area contributed by atoms with Crippen LogP contribution >= 0.6 is 11.3 Å². The van der Waals surface area contributed by atoms with Gasteiger partial charge < -0.3 is 14.4 Å². The van der Waals surface area contributed by atoms with E-state index in [0.29, 0.717) is 13.2 Å². The minimum Gasteiger partial charge on any atom is -0.365 e. The standard InChI is InChI=1S/C11H14N2O4S/c14-13(15)10-9(1-8-18-10)12-4-2-11(3-5-12)16-6-7-17-11/h1,8H,2-7H2. The molecule has 3 rings (SSSR count). The van der Waals surface area contributed by atoms with Crippen molar-refractivity contribution in [1.82, 2.24) is 0 Å². The summed E-state index contributed by atoms with van der Waals surface area (Å²) < 4.78 is 11.3. The van der Waals surface area contributed by atoms with Gasteiger partial charge in [0.25, 0.3) is 0 Å². The van der Waals surface area contributed by atoms with Crippen LogP contribution in [0, 0.1) is 10.1 Å². The van der Waals surface area contributed by atoms with E-state index in [1.807, 2.05) is 11.0 Å². The van der Waals surface area contributed by atoms with Gasteiger partial charge >= 0.3 is 5.00 Å². The highest BCUT2D eigenvalue weighted by Gasteiger charge is 2.40. The van der Waals surface area contributed by atoms with Crippen molar-refractivity contribution < 1.29 is 14.4 Å². The molecule has 2 saturated heterocycles. The maximum Gasteiger partial charge on any atom is 0.347 e. The molecule has 3 heterocycles. The van der Waals surface area contributed by atoms with Crippen molar-refractivity contribution in [2.24, 2.45) is 0 Å². The van der Waals surface area contributed by atoms with Gasteiger partial charge in [-0.2, -0.15) is 0 Å². The Bertz CT molecular complexity index is 446. The maximum absolute atomic E-state index is 10.9. The first-order valence-electron chi connectivity index (χ1n) is 5.95. The molecule has 0 aromatic carbocycles. The maximum atomic E-state index is 10.9. The molecule has 98 valence electrons. The first-order chi connectivity index (χ1) is 8.70. The number of hydrogen-bond donors (Lipinski definition) is 0. The van der Waals surface area contributed by atoms with Gasteiger partial charge in [0.05, 0.1) is 18.1 Å². The number of nitrogens with zero attached hydrogens (tertiary/aromatic N) is 2. The van der Waals surface area contributed by atoms with Crippen LogP contribution in [0.25, 0.3) is 0 Å². The molecule has 0 N–H and O–H groups in total. The molecular formula is C11H14N2O4S. The largest absolute Gasteiger partial charge is 0.365 e. The number of nitro groups is 1. The molecule has 2 aliphatic rings. The third-order valence-electron chi connectivity index (χ3n) is 3.47. The molecule has 0 amide bonds. The molecule has 2 aliphatic heterocycles. The Morgan fingerprint density at radius 1 is 1.33 bits per heavy atom. The van der Waals surface area contributed by atoms with Crippen LogP contribution in [0.3, 0.4) is 0 Å². The zero-order valence-electron chi connectivity index (χ0n) is 9.83. The Labute approximate surface area is 108 Å². The lowest BCUT2D eigenvalue weighted by Crippen LogP contribution is -2.45. The van der Waals surface area contributed by atoms with E-state index in [-0.39, 0.29) is 9.92 Å². The highest BCUT2D eigenvalue weighted by Crippen LogP contribution is 2.38. The van der Waals surface area contributed by atoms with Crippen LogP contribution < -0.4 is 4.90 Å². The van der Waals surface area contributed by atoms with Gasteiger partial charge in [-0.1, -0.05) is 11.3 Å². The summed E-state index contributed by atoms with van der Waals surface area (Å²) in [4.78, 5) is 12.6. The average Bonchev–Trinajstić information content (AvgIpc) is 3.00. The van der Waals surface area contributed by atoms with Gasteiger partial charge in [-0.05, 0) is 11.4 Å². The van der Waals surface area contributed by atoms with Crippen molar-refractivity contribution in [3.8, 4) is 0 Å². The molecular weight excluding hydrogens is 256 g/mol. The summed E-state index contributed by atoms with van der Waals surface area (Å²) in [5, 5.41) is 12.9. The summed E-state index contributed by atoms with van der Waals surface area (Å²) in [6, 6.07) is 1.82. The highest BCUT2D eigenvalue weighted by molar-refractivity contribution is 7.14. The second-order valence-electron chi connectivity index (χ2n) is 4.46. The molecule has 0 radical (unpaired) electrons. The minimum absolute atomic E-state index is 0.221. The number of hydrogen-bond acceptors (Lipinski definition) is 6. The Morgan fingerprint density at radius 3 is 2.61 bits per heavy atom. The lowest BCUT2D eigenvalue weighted by Gasteiger charge is -2.37. The molecule has 1 aromatic rings. The normalized spacial score (nSPS) is 22.6. The van der Waals surface area contributed by atoms with Gasteiger partial charge in [0.1, 0.15) is 5.69 Å². The van der Waals surface area contributed by atoms with E-state index in [0.717, 1.165) is 31.6 Å². The minimum atomic E-state index is -0.429. The van der Waals surface area contributed by atoms with Crippen LogP contribution in [0.2, 0.25) is 0 Å². The van der Waals surface area contributed by atoms with Gasteiger partial charge in [0.2, 0.25) is 0 Å². The molecule has 7 heteroatoms. The summed E-state index contributed by atoms with van der Waals surface area (Å²) in [6.07, 6.45) is 1.53. The van der Waals surface area contributed by atoms with Crippen LogP contribution in [0.1, 0.15) is 12.8 Å². The van der Waals surface area contributed by atoms with Crippen LogP contribution in [-0.4, -0.2) is 37.0 Å². The monoisotopic (exact) mass is 270 g/mol. The van der Waals surface area contributed by atoms with Crippen molar-refractivity contribution in [2.75, 3.05) is 31.2 Å². The fraction of sp³-hybridized carbons (Fsp3) is 0.636. The second kappa shape index (κ2) is 4.49. The smallest absolute Gasteiger partial charge is 0.347 e. The van der Waals surface area contributed by atoms with Crippen molar-refractivity contribution in [1.29, 1.82) is 0 Å². The summed E-state index contributed by atoms with van der Waals surface area (Å²) in [5.41, 5.74) is 0.720. The van der Waals surface area contributed by atoms with Crippen LogP contribution in [0.4, 0.5) is 10.7 Å². The summed E-state index contributed by atoms with van der Waals surface area (Å²) in [5.74, 6) is -0.429. The number of ether oxygens (including phenoxy) is 2. The second-order valence-corrected chi connectivity index (χ2v) is 5.36. The van der Waals surface area contributed by atoms with Crippen LogP contribution in [0.15, 0.2) is 11.4 Å².